The number of hydrogen-bond donors (Lipinski definition) is 2. The van der Waals surface area contributed by atoms with Gasteiger partial charge in [-0.25, -0.2) is 4.39 Å². The van der Waals surface area contributed by atoms with Crippen molar-refractivity contribution in [3.63, 3.8) is 0 Å². The molecule has 6 heteroatoms. The second-order valence-electron chi connectivity index (χ2n) is 8.64. The van der Waals surface area contributed by atoms with Crippen molar-refractivity contribution in [3.8, 4) is 0 Å². The molecule has 0 amide bonds. The van der Waals surface area contributed by atoms with Crippen LogP contribution < -0.4 is 10.2 Å². The van der Waals surface area contributed by atoms with E-state index in [-0.39, 0.29) is 5.82 Å². The zero-order valence-electron chi connectivity index (χ0n) is 18.5. The maximum Gasteiger partial charge on any atom is 0.163 e. The highest BCUT2D eigenvalue weighted by atomic mass is 19.1. The van der Waals surface area contributed by atoms with Gasteiger partial charge < -0.3 is 20.2 Å². The van der Waals surface area contributed by atoms with E-state index in [0.717, 1.165) is 62.4 Å². The molecule has 1 fully saturated rings. The fraction of sp³-hybridized carbons (Fsp3) is 0.480. The number of aliphatic hydroxyl groups excluding tert-OH is 1. The van der Waals surface area contributed by atoms with Gasteiger partial charge in [-0.15, -0.1) is 0 Å². The standard InChI is InChI=1S/C25H33FN4O/c1-3-19-6-7-23-24(15-19)30(25(31)17-28-23)13-12-29-10-8-21(9-11-29)27-16-20-5-4-18(2)22(26)14-20/h4-7,14-15,17,21,25,27,31H,3,8-13,16H2,1-2H3. The van der Waals surface area contributed by atoms with Gasteiger partial charge in [0.15, 0.2) is 6.23 Å². The Morgan fingerprint density at radius 3 is 2.61 bits per heavy atom. The first kappa shape index (κ1) is 21.9. The molecule has 0 bridgehead atoms. The van der Waals surface area contributed by atoms with E-state index in [1.54, 1.807) is 19.2 Å². The largest absolute Gasteiger partial charge is 0.368 e. The lowest BCUT2D eigenvalue weighted by molar-refractivity contribution is 0.188. The van der Waals surface area contributed by atoms with Gasteiger partial charge in [-0.05, 0) is 74.2 Å². The van der Waals surface area contributed by atoms with Gasteiger partial charge in [0, 0.05) is 25.7 Å². The number of likely N-dealkylation sites (tertiary alicyclic amines) is 1. The Balaban J connectivity index is 1.26. The van der Waals surface area contributed by atoms with E-state index < -0.39 is 6.23 Å². The van der Waals surface area contributed by atoms with Crippen LogP contribution in [0.2, 0.25) is 0 Å². The molecule has 2 aliphatic heterocycles. The summed E-state index contributed by atoms with van der Waals surface area (Å²) in [5.74, 6) is -0.133. The number of halogens is 1. The van der Waals surface area contributed by atoms with Crippen molar-refractivity contribution in [2.24, 2.45) is 4.99 Å². The summed E-state index contributed by atoms with van der Waals surface area (Å²) in [6.07, 6.45) is 4.08. The van der Waals surface area contributed by atoms with Crippen LogP contribution in [0.4, 0.5) is 15.8 Å². The van der Waals surface area contributed by atoms with E-state index >= 15 is 0 Å². The van der Waals surface area contributed by atoms with Crippen molar-refractivity contribution >= 4 is 17.6 Å². The molecular weight excluding hydrogens is 391 g/mol. The number of anilines is 1. The molecule has 0 spiro atoms. The Kier molecular flexibility index (Phi) is 7.00. The number of nitrogens with zero attached hydrogens (tertiary/aromatic N) is 3. The summed E-state index contributed by atoms with van der Waals surface area (Å²) in [6.45, 7) is 8.38. The maximum atomic E-state index is 13.7. The normalized spacial score (nSPS) is 19.6. The number of nitrogens with one attached hydrogen (secondary N) is 1. The van der Waals surface area contributed by atoms with E-state index in [9.17, 15) is 9.50 Å². The number of aliphatic hydroxyl groups is 1. The van der Waals surface area contributed by atoms with Gasteiger partial charge in [-0.3, -0.25) is 4.99 Å². The van der Waals surface area contributed by atoms with Gasteiger partial charge in [0.2, 0.25) is 0 Å². The Bertz CT molecular complexity index is 924. The van der Waals surface area contributed by atoms with Crippen molar-refractivity contribution in [1.29, 1.82) is 0 Å². The molecule has 1 saturated heterocycles. The SMILES string of the molecule is CCc1ccc2c(c1)N(CCN1CCC(NCc3ccc(C)c(F)c3)CC1)C(O)C=N2. The minimum Gasteiger partial charge on any atom is -0.368 e. The van der Waals surface area contributed by atoms with Gasteiger partial charge in [-0.2, -0.15) is 0 Å². The second-order valence-corrected chi connectivity index (χ2v) is 8.64. The average molecular weight is 425 g/mol. The minimum absolute atomic E-state index is 0.133. The summed E-state index contributed by atoms with van der Waals surface area (Å²) in [7, 11) is 0. The molecule has 1 unspecified atom stereocenters. The van der Waals surface area contributed by atoms with Crippen LogP contribution in [-0.4, -0.2) is 54.7 Å². The molecule has 1 atom stereocenters. The van der Waals surface area contributed by atoms with Crippen LogP contribution in [0, 0.1) is 12.7 Å². The van der Waals surface area contributed by atoms with Gasteiger partial charge in [0.1, 0.15) is 5.82 Å². The lowest BCUT2D eigenvalue weighted by Crippen LogP contribution is -2.47. The summed E-state index contributed by atoms with van der Waals surface area (Å²) in [4.78, 5) is 8.92. The Morgan fingerprint density at radius 1 is 1.10 bits per heavy atom. The first-order chi connectivity index (χ1) is 15.0. The predicted molar refractivity (Wildman–Crippen MR) is 125 cm³/mol. The number of hydrogen-bond acceptors (Lipinski definition) is 5. The summed E-state index contributed by atoms with van der Waals surface area (Å²) in [6, 6.07) is 12.2. The zero-order chi connectivity index (χ0) is 21.8. The number of aliphatic imine (C=N–C) groups is 1. The second kappa shape index (κ2) is 9.90. The highest BCUT2D eigenvalue weighted by Crippen LogP contribution is 2.33. The molecule has 0 aliphatic carbocycles. The van der Waals surface area contributed by atoms with Crippen LogP contribution in [0.1, 0.15) is 36.5 Å². The third-order valence-corrected chi connectivity index (χ3v) is 6.50. The molecule has 2 aromatic carbocycles. The molecule has 166 valence electrons. The smallest absolute Gasteiger partial charge is 0.163 e. The summed E-state index contributed by atoms with van der Waals surface area (Å²) >= 11 is 0. The molecule has 2 aliphatic rings. The third-order valence-electron chi connectivity index (χ3n) is 6.50. The predicted octanol–water partition coefficient (Wildman–Crippen LogP) is 3.79. The highest BCUT2D eigenvalue weighted by molar-refractivity contribution is 5.83. The monoisotopic (exact) mass is 424 g/mol. The van der Waals surface area contributed by atoms with Crippen LogP contribution in [-0.2, 0) is 13.0 Å². The van der Waals surface area contributed by atoms with Crippen molar-refractivity contribution in [1.82, 2.24) is 10.2 Å². The van der Waals surface area contributed by atoms with Gasteiger partial charge in [-0.1, -0.05) is 25.1 Å². The summed E-state index contributed by atoms with van der Waals surface area (Å²) < 4.78 is 13.7. The van der Waals surface area contributed by atoms with E-state index in [0.29, 0.717) is 18.2 Å². The fourth-order valence-corrected chi connectivity index (χ4v) is 4.37. The number of piperidine rings is 1. The number of fused-ring (bicyclic) bond motifs is 1. The Morgan fingerprint density at radius 2 is 1.87 bits per heavy atom. The van der Waals surface area contributed by atoms with Gasteiger partial charge >= 0.3 is 0 Å². The average Bonchev–Trinajstić information content (AvgIpc) is 2.79. The molecule has 5 nitrogen and oxygen atoms in total. The van der Waals surface area contributed by atoms with Crippen LogP contribution in [0.25, 0.3) is 0 Å². The topological polar surface area (TPSA) is 51.1 Å². The lowest BCUT2D eigenvalue weighted by atomic mass is 10.0. The molecule has 31 heavy (non-hydrogen) atoms. The Hall–Kier alpha value is -2.28. The maximum absolute atomic E-state index is 13.7. The zero-order valence-corrected chi connectivity index (χ0v) is 18.5. The molecule has 0 saturated carbocycles. The van der Waals surface area contributed by atoms with E-state index in [1.165, 1.54) is 5.56 Å². The highest BCUT2D eigenvalue weighted by Gasteiger charge is 2.24. The van der Waals surface area contributed by atoms with E-state index in [4.69, 9.17) is 0 Å². The molecule has 2 aromatic rings. The van der Waals surface area contributed by atoms with Crippen LogP contribution in [0.5, 0.6) is 0 Å². The van der Waals surface area contributed by atoms with Crippen molar-refractivity contribution in [2.45, 2.75) is 51.9 Å². The Labute approximate surface area is 184 Å². The lowest BCUT2D eigenvalue weighted by Gasteiger charge is -2.36. The number of aryl methyl sites for hydroxylation is 2. The van der Waals surface area contributed by atoms with Crippen molar-refractivity contribution in [2.75, 3.05) is 31.1 Å². The molecule has 2 heterocycles. The number of rotatable bonds is 7. The van der Waals surface area contributed by atoms with Crippen LogP contribution >= 0.6 is 0 Å². The first-order valence-electron chi connectivity index (χ1n) is 11.4. The molecule has 4 rings (SSSR count). The summed E-state index contributed by atoms with van der Waals surface area (Å²) in [5.41, 5.74) is 4.90. The molecule has 0 radical (unpaired) electrons. The van der Waals surface area contributed by atoms with Crippen molar-refractivity contribution in [3.05, 3.63) is 58.9 Å². The van der Waals surface area contributed by atoms with Gasteiger partial charge in [0.05, 0.1) is 17.6 Å². The van der Waals surface area contributed by atoms with E-state index in [1.807, 2.05) is 18.2 Å². The van der Waals surface area contributed by atoms with Crippen LogP contribution in [0.3, 0.4) is 0 Å². The van der Waals surface area contributed by atoms with Crippen molar-refractivity contribution < 1.29 is 9.50 Å². The fourth-order valence-electron chi connectivity index (χ4n) is 4.37. The molecule has 2 N–H and O–H groups in total. The molecular formula is C25H33FN4O. The van der Waals surface area contributed by atoms with Gasteiger partial charge in [0.25, 0.3) is 0 Å². The molecule has 0 aromatic heterocycles. The van der Waals surface area contributed by atoms with E-state index in [2.05, 4.69) is 39.2 Å². The minimum atomic E-state index is -0.672. The summed E-state index contributed by atoms with van der Waals surface area (Å²) in [5, 5.41) is 14.1. The van der Waals surface area contributed by atoms with Crippen LogP contribution in [0.15, 0.2) is 41.4 Å². The number of benzene rings is 2. The quantitative estimate of drug-likeness (QED) is 0.710. The first-order valence-corrected chi connectivity index (χ1v) is 11.4. The third kappa shape index (κ3) is 5.32.